The van der Waals surface area contributed by atoms with Gasteiger partial charge in [0.2, 0.25) is 0 Å². The standard InChI is InChI=1S/C14H21Br/c1-5-14(4,10-15)9-13-11(2)7-6-8-12(13)3/h6-8H,5,9-10H2,1-4H3. The van der Waals surface area contributed by atoms with Gasteiger partial charge in [-0.3, -0.25) is 0 Å². The molecule has 0 amide bonds. The van der Waals surface area contributed by atoms with Gasteiger partial charge in [0.1, 0.15) is 0 Å². The molecule has 1 aromatic rings. The monoisotopic (exact) mass is 268 g/mol. The highest BCUT2D eigenvalue weighted by molar-refractivity contribution is 9.09. The van der Waals surface area contributed by atoms with E-state index in [-0.39, 0.29) is 0 Å². The zero-order chi connectivity index (χ0) is 11.5. The Hall–Kier alpha value is -0.300. The lowest BCUT2D eigenvalue weighted by Crippen LogP contribution is -2.21. The van der Waals surface area contributed by atoms with Crippen LogP contribution in [0.25, 0.3) is 0 Å². The van der Waals surface area contributed by atoms with Crippen molar-refractivity contribution in [3.63, 3.8) is 0 Å². The van der Waals surface area contributed by atoms with Crippen LogP contribution < -0.4 is 0 Å². The summed E-state index contributed by atoms with van der Waals surface area (Å²) in [5.74, 6) is 0. The van der Waals surface area contributed by atoms with Crippen LogP contribution in [0, 0.1) is 19.3 Å². The Bertz CT molecular complexity index is 304. The van der Waals surface area contributed by atoms with Crippen molar-refractivity contribution in [3.05, 3.63) is 34.9 Å². The summed E-state index contributed by atoms with van der Waals surface area (Å²) in [5.41, 5.74) is 4.77. The van der Waals surface area contributed by atoms with Crippen LogP contribution in [0.2, 0.25) is 0 Å². The van der Waals surface area contributed by atoms with Crippen LogP contribution in [-0.4, -0.2) is 5.33 Å². The first-order valence-corrected chi connectivity index (χ1v) is 6.75. The number of halogens is 1. The molecular formula is C14H21Br. The highest BCUT2D eigenvalue weighted by atomic mass is 79.9. The third kappa shape index (κ3) is 3.07. The van der Waals surface area contributed by atoms with Crippen molar-refractivity contribution in [2.24, 2.45) is 5.41 Å². The Morgan fingerprint density at radius 1 is 1.20 bits per heavy atom. The molecule has 0 fully saturated rings. The van der Waals surface area contributed by atoms with Gasteiger partial charge in [-0.15, -0.1) is 0 Å². The van der Waals surface area contributed by atoms with Gasteiger partial charge in [-0.2, -0.15) is 0 Å². The fraction of sp³-hybridized carbons (Fsp3) is 0.571. The summed E-state index contributed by atoms with van der Waals surface area (Å²) in [6.07, 6.45) is 2.39. The molecule has 0 aliphatic heterocycles. The number of aryl methyl sites for hydroxylation is 2. The van der Waals surface area contributed by atoms with Crippen LogP contribution in [0.4, 0.5) is 0 Å². The van der Waals surface area contributed by atoms with E-state index in [9.17, 15) is 0 Å². The molecule has 0 saturated carbocycles. The van der Waals surface area contributed by atoms with Gasteiger partial charge >= 0.3 is 0 Å². The number of benzene rings is 1. The number of hydrogen-bond donors (Lipinski definition) is 0. The lowest BCUT2D eigenvalue weighted by molar-refractivity contribution is 0.360. The van der Waals surface area contributed by atoms with Gasteiger partial charge in [0.25, 0.3) is 0 Å². The van der Waals surface area contributed by atoms with Crippen LogP contribution in [0.1, 0.15) is 37.0 Å². The first-order chi connectivity index (χ1) is 7.02. The molecule has 84 valence electrons. The maximum absolute atomic E-state index is 3.64. The Balaban J connectivity index is 2.98. The highest BCUT2D eigenvalue weighted by Crippen LogP contribution is 2.31. The largest absolute Gasteiger partial charge is 0.0922 e. The number of alkyl halides is 1. The van der Waals surface area contributed by atoms with E-state index in [2.05, 4.69) is 61.8 Å². The van der Waals surface area contributed by atoms with E-state index in [0.29, 0.717) is 5.41 Å². The molecule has 1 unspecified atom stereocenters. The fourth-order valence-corrected chi connectivity index (χ4v) is 2.42. The second kappa shape index (κ2) is 5.16. The van der Waals surface area contributed by atoms with Crippen molar-refractivity contribution in [3.8, 4) is 0 Å². The second-order valence-corrected chi connectivity index (χ2v) is 5.41. The van der Waals surface area contributed by atoms with Crippen molar-refractivity contribution < 1.29 is 0 Å². The Kier molecular flexibility index (Phi) is 4.39. The maximum atomic E-state index is 3.64. The van der Waals surface area contributed by atoms with Gasteiger partial charge in [-0.25, -0.2) is 0 Å². The van der Waals surface area contributed by atoms with Gasteiger partial charge in [-0.05, 0) is 48.8 Å². The normalized spacial score (nSPS) is 15.0. The van der Waals surface area contributed by atoms with Crippen LogP contribution >= 0.6 is 15.9 Å². The smallest absolute Gasteiger partial charge is 0.00884 e. The summed E-state index contributed by atoms with van der Waals surface area (Å²) in [7, 11) is 0. The summed E-state index contributed by atoms with van der Waals surface area (Å²) in [6, 6.07) is 6.57. The van der Waals surface area contributed by atoms with Crippen molar-refractivity contribution in [1.29, 1.82) is 0 Å². The van der Waals surface area contributed by atoms with E-state index in [4.69, 9.17) is 0 Å². The summed E-state index contributed by atoms with van der Waals surface area (Å²) in [6.45, 7) is 9.06. The minimum atomic E-state index is 0.386. The Morgan fingerprint density at radius 2 is 1.73 bits per heavy atom. The minimum absolute atomic E-state index is 0.386. The zero-order valence-electron chi connectivity index (χ0n) is 10.2. The van der Waals surface area contributed by atoms with Crippen molar-refractivity contribution in [2.45, 2.75) is 40.5 Å². The van der Waals surface area contributed by atoms with E-state index in [1.165, 1.54) is 29.5 Å². The van der Waals surface area contributed by atoms with Gasteiger partial charge in [-0.1, -0.05) is 48.0 Å². The molecule has 1 heteroatoms. The predicted octanol–water partition coefficient (Wildman–Crippen LogP) is 4.66. The van der Waals surface area contributed by atoms with E-state index in [1.54, 1.807) is 0 Å². The molecule has 0 N–H and O–H groups in total. The molecule has 0 spiro atoms. The molecule has 0 bridgehead atoms. The van der Waals surface area contributed by atoms with E-state index < -0.39 is 0 Å². The molecule has 0 aromatic heterocycles. The summed E-state index contributed by atoms with van der Waals surface area (Å²) in [4.78, 5) is 0. The minimum Gasteiger partial charge on any atom is -0.0922 e. The average Bonchev–Trinajstić information content (AvgIpc) is 2.23. The Morgan fingerprint density at radius 3 is 2.13 bits per heavy atom. The lowest BCUT2D eigenvalue weighted by Gasteiger charge is -2.27. The zero-order valence-corrected chi connectivity index (χ0v) is 11.8. The fourth-order valence-electron chi connectivity index (χ4n) is 1.82. The van der Waals surface area contributed by atoms with Crippen LogP contribution in [0.15, 0.2) is 18.2 Å². The Labute approximate surface area is 102 Å². The molecule has 1 atom stereocenters. The molecule has 0 heterocycles. The first-order valence-electron chi connectivity index (χ1n) is 5.63. The molecule has 0 nitrogen and oxygen atoms in total. The summed E-state index contributed by atoms with van der Waals surface area (Å²) >= 11 is 3.64. The van der Waals surface area contributed by atoms with Crippen LogP contribution in [0.5, 0.6) is 0 Å². The molecular weight excluding hydrogens is 248 g/mol. The molecule has 1 rings (SSSR count). The number of hydrogen-bond acceptors (Lipinski definition) is 0. The first kappa shape index (κ1) is 12.8. The van der Waals surface area contributed by atoms with E-state index in [1.807, 2.05) is 0 Å². The third-order valence-electron chi connectivity index (χ3n) is 3.42. The van der Waals surface area contributed by atoms with Gasteiger partial charge in [0.05, 0.1) is 0 Å². The molecule has 0 aliphatic carbocycles. The number of rotatable bonds is 4. The highest BCUT2D eigenvalue weighted by Gasteiger charge is 2.22. The lowest BCUT2D eigenvalue weighted by atomic mass is 9.81. The van der Waals surface area contributed by atoms with Crippen molar-refractivity contribution in [2.75, 3.05) is 5.33 Å². The second-order valence-electron chi connectivity index (χ2n) is 4.84. The molecule has 0 aliphatic rings. The van der Waals surface area contributed by atoms with Gasteiger partial charge in [0, 0.05) is 5.33 Å². The van der Waals surface area contributed by atoms with E-state index >= 15 is 0 Å². The maximum Gasteiger partial charge on any atom is 0.00884 e. The summed E-state index contributed by atoms with van der Waals surface area (Å²) < 4.78 is 0. The summed E-state index contributed by atoms with van der Waals surface area (Å²) in [5, 5.41) is 1.07. The van der Waals surface area contributed by atoms with Gasteiger partial charge < -0.3 is 0 Å². The van der Waals surface area contributed by atoms with Gasteiger partial charge in [0.15, 0.2) is 0 Å². The van der Waals surface area contributed by atoms with Crippen molar-refractivity contribution in [1.82, 2.24) is 0 Å². The van der Waals surface area contributed by atoms with Crippen LogP contribution in [0.3, 0.4) is 0 Å². The van der Waals surface area contributed by atoms with E-state index in [0.717, 1.165) is 5.33 Å². The molecule has 15 heavy (non-hydrogen) atoms. The SMILES string of the molecule is CCC(C)(CBr)Cc1c(C)cccc1C. The predicted molar refractivity (Wildman–Crippen MR) is 71.8 cm³/mol. The van der Waals surface area contributed by atoms with Crippen molar-refractivity contribution >= 4 is 15.9 Å². The average molecular weight is 269 g/mol. The molecule has 0 radical (unpaired) electrons. The third-order valence-corrected chi connectivity index (χ3v) is 4.78. The van der Waals surface area contributed by atoms with Crippen LogP contribution in [-0.2, 0) is 6.42 Å². The topological polar surface area (TPSA) is 0 Å². The quantitative estimate of drug-likeness (QED) is 0.697. The molecule has 1 aromatic carbocycles. The molecule has 0 saturated heterocycles.